The zero-order chi connectivity index (χ0) is 25.6. The summed E-state index contributed by atoms with van der Waals surface area (Å²) in [5, 5.41) is 4.35. The van der Waals surface area contributed by atoms with E-state index in [0.717, 1.165) is 40.1 Å². The van der Waals surface area contributed by atoms with Gasteiger partial charge in [-0.1, -0.05) is 36.4 Å². The number of amides is 1. The van der Waals surface area contributed by atoms with E-state index in [0.29, 0.717) is 32.9 Å². The van der Waals surface area contributed by atoms with Crippen LogP contribution in [0.1, 0.15) is 35.3 Å². The van der Waals surface area contributed by atoms with E-state index in [-0.39, 0.29) is 5.91 Å². The Balaban J connectivity index is 1.43. The van der Waals surface area contributed by atoms with Crippen molar-refractivity contribution >= 4 is 5.91 Å². The number of ether oxygens (including phenoxy) is 2. The van der Waals surface area contributed by atoms with Crippen molar-refractivity contribution in [3.05, 3.63) is 102 Å². The molecular formula is C30H32N4O3. The summed E-state index contributed by atoms with van der Waals surface area (Å²) in [6.07, 6.45) is 6.10. The Kier molecular flexibility index (Phi) is 7.61. The van der Waals surface area contributed by atoms with Crippen molar-refractivity contribution in [1.29, 1.82) is 0 Å². The molecule has 5 rings (SSSR count). The van der Waals surface area contributed by atoms with Crippen molar-refractivity contribution < 1.29 is 14.3 Å². The standard InChI is InChI=1S/C30H32N4O3/c1-22-10-12-32-34(22)23(2)30(35)33-13-14-36-15-16-37-29-9-8-26(27-7-4-11-31-20-27)19-28(29)18-24-5-3-6-25(17-24)21-33/h3-12,17,19-20,23H,13-16,18,21H2,1-2H3. The minimum Gasteiger partial charge on any atom is -0.491 e. The molecule has 2 aromatic heterocycles. The van der Waals surface area contributed by atoms with Crippen LogP contribution in [0.25, 0.3) is 11.1 Å². The molecule has 0 fully saturated rings. The van der Waals surface area contributed by atoms with E-state index in [1.807, 2.05) is 43.1 Å². The third kappa shape index (κ3) is 5.89. The van der Waals surface area contributed by atoms with E-state index >= 15 is 0 Å². The SMILES string of the molecule is Cc1ccnn1C(C)C(=O)N1CCOCCOc2ccc(-c3cccnc3)cc2Cc2cccc(c2)C1. The molecule has 1 amide bonds. The Bertz CT molecular complexity index is 1350. The Morgan fingerprint density at radius 1 is 0.946 bits per heavy atom. The van der Waals surface area contributed by atoms with Crippen LogP contribution in [0.2, 0.25) is 0 Å². The first-order chi connectivity index (χ1) is 18.1. The molecular weight excluding hydrogens is 464 g/mol. The second-order valence-corrected chi connectivity index (χ2v) is 9.37. The van der Waals surface area contributed by atoms with E-state index in [4.69, 9.17) is 9.47 Å². The molecule has 1 aliphatic heterocycles. The summed E-state index contributed by atoms with van der Waals surface area (Å²) in [6, 6.07) is 20.2. The number of carbonyl (C=O) groups is 1. The Morgan fingerprint density at radius 3 is 2.65 bits per heavy atom. The van der Waals surface area contributed by atoms with Crippen LogP contribution in [0.4, 0.5) is 0 Å². The van der Waals surface area contributed by atoms with Crippen molar-refractivity contribution in [2.75, 3.05) is 26.4 Å². The number of fused-ring (bicyclic) bond motifs is 3. The molecule has 7 heteroatoms. The van der Waals surface area contributed by atoms with E-state index in [1.54, 1.807) is 17.1 Å². The Morgan fingerprint density at radius 2 is 1.84 bits per heavy atom. The molecule has 37 heavy (non-hydrogen) atoms. The van der Waals surface area contributed by atoms with Gasteiger partial charge < -0.3 is 14.4 Å². The van der Waals surface area contributed by atoms with Crippen LogP contribution >= 0.6 is 0 Å². The van der Waals surface area contributed by atoms with Gasteiger partial charge in [-0.3, -0.25) is 14.5 Å². The largest absolute Gasteiger partial charge is 0.491 e. The van der Waals surface area contributed by atoms with Gasteiger partial charge in [-0.05, 0) is 60.4 Å². The molecule has 0 N–H and O–H groups in total. The van der Waals surface area contributed by atoms with Gasteiger partial charge in [0.2, 0.25) is 5.91 Å². The average Bonchev–Trinajstić information content (AvgIpc) is 3.35. The predicted molar refractivity (Wildman–Crippen MR) is 142 cm³/mol. The van der Waals surface area contributed by atoms with Crippen molar-refractivity contribution in [2.45, 2.75) is 32.9 Å². The van der Waals surface area contributed by atoms with Gasteiger partial charge in [0.25, 0.3) is 0 Å². The summed E-state index contributed by atoms with van der Waals surface area (Å²) in [6.45, 7) is 6.20. The van der Waals surface area contributed by atoms with Gasteiger partial charge in [-0.2, -0.15) is 5.10 Å². The van der Waals surface area contributed by atoms with Crippen LogP contribution in [-0.4, -0.2) is 51.9 Å². The molecule has 7 nitrogen and oxygen atoms in total. The van der Waals surface area contributed by atoms with Gasteiger partial charge in [-0.15, -0.1) is 0 Å². The minimum atomic E-state index is -0.391. The number of benzene rings is 2. The van der Waals surface area contributed by atoms with E-state index in [9.17, 15) is 4.79 Å². The number of hydrogen-bond acceptors (Lipinski definition) is 5. The maximum Gasteiger partial charge on any atom is 0.247 e. The fourth-order valence-electron chi connectivity index (χ4n) is 4.76. The lowest BCUT2D eigenvalue weighted by molar-refractivity contribution is -0.136. The highest BCUT2D eigenvalue weighted by atomic mass is 16.5. The van der Waals surface area contributed by atoms with Crippen LogP contribution in [0.15, 0.2) is 79.3 Å². The maximum atomic E-state index is 13.5. The molecule has 0 aliphatic carbocycles. The summed E-state index contributed by atoms with van der Waals surface area (Å²) in [5.41, 5.74) is 6.48. The molecule has 3 heterocycles. The van der Waals surface area contributed by atoms with Gasteiger partial charge in [0.15, 0.2) is 0 Å². The number of carbonyl (C=O) groups excluding carboxylic acids is 1. The zero-order valence-electron chi connectivity index (χ0n) is 21.3. The lowest BCUT2D eigenvalue weighted by Crippen LogP contribution is -2.38. The van der Waals surface area contributed by atoms with Crippen molar-refractivity contribution in [1.82, 2.24) is 19.7 Å². The van der Waals surface area contributed by atoms with Crippen LogP contribution in [0.3, 0.4) is 0 Å². The molecule has 1 unspecified atom stereocenters. The van der Waals surface area contributed by atoms with Gasteiger partial charge in [0.05, 0.1) is 13.2 Å². The lowest BCUT2D eigenvalue weighted by Gasteiger charge is -2.27. The monoisotopic (exact) mass is 496 g/mol. The quantitative estimate of drug-likeness (QED) is 0.406. The van der Waals surface area contributed by atoms with Crippen molar-refractivity contribution in [2.24, 2.45) is 0 Å². The van der Waals surface area contributed by atoms with Crippen LogP contribution in [0, 0.1) is 6.92 Å². The summed E-state index contributed by atoms with van der Waals surface area (Å²) >= 11 is 0. The summed E-state index contributed by atoms with van der Waals surface area (Å²) in [7, 11) is 0. The fraction of sp³-hybridized carbons (Fsp3) is 0.300. The van der Waals surface area contributed by atoms with Crippen LogP contribution in [0.5, 0.6) is 5.75 Å². The molecule has 0 saturated heterocycles. The highest BCUT2D eigenvalue weighted by Crippen LogP contribution is 2.29. The molecule has 2 bridgehead atoms. The van der Waals surface area contributed by atoms with Gasteiger partial charge in [0.1, 0.15) is 18.4 Å². The predicted octanol–water partition coefficient (Wildman–Crippen LogP) is 4.84. The molecule has 1 aliphatic rings. The third-order valence-corrected chi connectivity index (χ3v) is 6.71. The highest BCUT2D eigenvalue weighted by Gasteiger charge is 2.24. The van der Waals surface area contributed by atoms with Crippen molar-refractivity contribution in [3.8, 4) is 16.9 Å². The lowest BCUT2D eigenvalue weighted by atomic mass is 9.98. The number of aromatic nitrogens is 3. The van der Waals surface area contributed by atoms with E-state index in [2.05, 4.69) is 52.5 Å². The molecule has 1 atom stereocenters. The van der Waals surface area contributed by atoms with E-state index in [1.165, 1.54) is 5.56 Å². The summed E-state index contributed by atoms with van der Waals surface area (Å²) < 4.78 is 13.8. The van der Waals surface area contributed by atoms with Crippen LogP contribution < -0.4 is 4.74 Å². The number of aryl methyl sites for hydroxylation is 1. The third-order valence-electron chi connectivity index (χ3n) is 6.71. The Hall–Kier alpha value is -3.97. The summed E-state index contributed by atoms with van der Waals surface area (Å²) in [5.74, 6) is 0.884. The van der Waals surface area contributed by atoms with Crippen molar-refractivity contribution in [3.63, 3.8) is 0 Å². The molecule has 2 aromatic carbocycles. The second kappa shape index (κ2) is 11.4. The van der Waals surface area contributed by atoms with Gasteiger partial charge >= 0.3 is 0 Å². The zero-order valence-corrected chi connectivity index (χ0v) is 21.3. The molecule has 0 radical (unpaired) electrons. The first kappa shape index (κ1) is 24.7. The van der Waals surface area contributed by atoms with Crippen LogP contribution in [-0.2, 0) is 22.5 Å². The van der Waals surface area contributed by atoms with Gasteiger partial charge in [0, 0.05) is 49.4 Å². The number of rotatable bonds is 3. The molecule has 0 spiro atoms. The summed E-state index contributed by atoms with van der Waals surface area (Å²) in [4.78, 5) is 19.6. The number of pyridine rings is 1. The topological polar surface area (TPSA) is 69.5 Å². The molecule has 0 saturated carbocycles. The highest BCUT2D eigenvalue weighted by molar-refractivity contribution is 5.80. The number of hydrogen-bond donors (Lipinski definition) is 0. The smallest absolute Gasteiger partial charge is 0.247 e. The first-order valence-corrected chi connectivity index (χ1v) is 12.7. The first-order valence-electron chi connectivity index (χ1n) is 12.7. The van der Waals surface area contributed by atoms with Gasteiger partial charge in [-0.25, -0.2) is 0 Å². The van der Waals surface area contributed by atoms with E-state index < -0.39 is 6.04 Å². The second-order valence-electron chi connectivity index (χ2n) is 9.37. The fourth-order valence-corrected chi connectivity index (χ4v) is 4.76. The average molecular weight is 497 g/mol. The molecule has 4 aromatic rings. The normalized spacial score (nSPS) is 15.2. The Labute approximate surface area is 217 Å². The molecule has 190 valence electrons. The minimum absolute atomic E-state index is 0.0237. The maximum absolute atomic E-state index is 13.5. The number of nitrogens with zero attached hydrogens (tertiary/aromatic N) is 4.